The number of sulfonamides is 1. The molecule has 0 saturated carbocycles. The van der Waals surface area contributed by atoms with Gasteiger partial charge in [-0.1, -0.05) is 24.3 Å². The fourth-order valence-corrected chi connectivity index (χ4v) is 5.35. The maximum absolute atomic E-state index is 14.9. The number of hydrogen-bond donors (Lipinski definition) is 2. The summed E-state index contributed by atoms with van der Waals surface area (Å²) in [5.41, 5.74) is 6.97. The maximum Gasteiger partial charge on any atom is 0.243 e. The maximum atomic E-state index is 14.9. The second kappa shape index (κ2) is 9.31. The van der Waals surface area contributed by atoms with Crippen LogP contribution in [0.15, 0.2) is 59.8 Å². The molecule has 3 N–H and O–H groups in total. The molecule has 1 saturated heterocycles. The molecule has 164 valence electrons. The lowest BCUT2D eigenvalue weighted by atomic mass is 10.0. The standard InChI is InChI=1S/C21H21FN4O3S.H2S/c22-18-9-15(5-6-17(18)19-10-25-21(23)11-24-19)16-3-1-2-4-20(16)30(28,29)26-8-7-14(12-26)13-27;/h1-6,9-11,14,27H,7-8,12-13H2,(H2,23,25);1H2/t14-;/m0./s1. The van der Waals surface area contributed by atoms with E-state index in [9.17, 15) is 17.9 Å². The van der Waals surface area contributed by atoms with Crippen molar-refractivity contribution in [2.75, 3.05) is 25.4 Å². The Balaban J connectivity index is 0.00000272. The summed E-state index contributed by atoms with van der Waals surface area (Å²) in [6.45, 7) is 0.579. The average molecular weight is 463 g/mol. The molecule has 2 heterocycles. The molecule has 3 aromatic rings. The number of rotatable bonds is 5. The number of nitrogens with zero attached hydrogens (tertiary/aromatic N) is 3. The fourth-order valence-electron chi connectivity index (χ4n) is 3.60. The molecule has 1 aliphatic rings. The van der Waals surface area contributed by atoms with E-state index in [2.05, 4.69) is 9.97 Å². The second-order valence-corrected chi connectivity index (χ2v) is 9.12. The van der Waals surface area contributed by atoms with E-state index in [4.69, 9.17) is 5.73 Å². The van der Waals surface area contributed by atoms with Gasteiger partial charge in [0.25, 0.3) is 0 Å². The van der Waals surface area contributed by atoms with Gasteiger partial charge in [-0.15, -0.1) is 0 Å². The third-order valence-corrected chi connectivity index (χ3v) is 7.16. The van der Waals surface area contributed by atoms with E-state index in [0.29, 0.717) is 29.8 Å². The lowest BCUT2D eigenvalue weighted by Crippen LogP contribution is -2.29. The van der Waals surface area contributed by atoms with Crippen LogP contribution in [0.5, 0.6) is 0 Å². The molecule has 0 aliphatic carbocycles. The summed E-state index contributed by atoms with van der Waals surface area (Å²) in [6, 6.07) is 11.0. The zero-order valence-electron chi connectivity index (χ0n) is 16.6. The van der Waals surface area contributed by atoms with Crippen molar-refractivity contribution < 1.29 is 17.9 Å². The van der Waals surface area contributed by atoms with E-state index in [0.717, 1.165) is 0 Å². The van der Waals surface area contributed by atoms with Crippen molar-refractivity contribution in [3.8, 4) is 22.4 Å². The summed E-state index contributed by atoms with van der Waals surface area (Å²) < 4.78 is 42.7. The molecule has 1 fully saturated rings. The molecule has 0 spiro atoms. The molecule has 4 rings (SSSR count). The zero-order chi connectivity index (χ0) is 21.3. The number of nitrogens with two attached hydrogens (primary N) is 1. The molecule has 10 heteroatoms. The van der Waals surface area contributed by atoms with E-state index < -0.39 is 15.8 Å². The highest BCUT2D eigenvalue weighted by Crippen LogP contribution is 2.33. The molecule has 2 aromatic carbocycles. The molecule has 0 radical (unpaired) electrons. The Labute approximate surface area is 187 Å². The van der Waals surface area contributed by atoms with Gasteiger partial charge in [-0.2, -0.15) is 17.8 Å². The van der Waals surface area contributed by atoms with Crippen LogP contribution >= 0.6 is 13.5 Å². The predicted octanol–water partition coefficient (Wildman–Crippen LogP) is 2.65. The van der Waals surface area contributed by atoms with Gasteiger partial charge in [-0.3, -0.25) is 4.98 Å². The third kappa shape index (κ3) is 4.57. The molecule has 1 aliphatic heterocycles. The summed E-state index contributed by atoms with van der Waals surface area (Å²) in [5.74, 6) is -0.370. The van der Waals surface area contributed by atoms with Crippen LogP contribution in [-0.4, -0.2) is 47.5 Å². The van der Waals surface area contributed by atoms with Gasteiger partial charge in [0.05, 0.1) is 23.0 Å². The first-order chi connectivity index (χ1) is 14.4. The quantitative estimate of drug-likeness (QED) is 0.603. The molecule has 7 nitrogen and oxygen atoms in total. The Hall–Kier alpha value is -2.53. The Morgan fingerprint density at radius 2 is 1.90 bits per heavy atom. The lowest BCUT2D eigenvalue weighted by molar-refractivity contribution is 0.233. The molecular formula is C21H23FN4O3S2. The first-order valence-corrected chi connectivity index (χ1v) is 10.9. The molecular weight excluding hydrogens is 439 g/mol. The van der Waals surface area contributed by atoms with Crippen LogP contribution in [0.4, 0.5) is 10.2 Å². The number of aromatic nitrogens is 2. The van der Waals surface area contributed by atoms with Gasteiger partial charge in [0.2, 0.25) is 10.0 Å². The summed E-state index contributed by atoms with van der Waals surface area (Å²) in [5, 5.41) is 9.34. The van der Waals surface area contributed by atoms with Crippen molar-refractivity contribution in [1.82, 2.24) is 14.3 Å². The van der Waals surface area contributed by atoms with Crippen LogP contribution in [0.25, 0.3) is 22.4 Å². The van der Waals surface area contributed by atoms with E-state index in [1.807, 2.05) is 0 Å². The number of aliphatic hydroxyl groups is 1. The predicted molar refractivity (Wildman–Crippen MR) is 122 cm³/mol. The van der Waals surface area contributed by atoms with Crippen molar-refractivity contribution in [2.24, 2.45) is 5.92 Å². The number of nitrogen functional groups attached to an aromatic ring is 1. The Morgan fingerprint density at radius 3 is 2.55 bits per heavy atom. The van der Waals surface area contributed by atoms with Gasteiger partial charge in [0.1, 0.15) is 11.6 Å². The van der Waals surface area contributed by atoms with Crippen molar-refractivity contribution in [2.45, 2.75) is 11.3 Å². The van der Waals surface area contributed by atoms with Gasteiger partial charge in [0, 0.05) is 30.8 Å². The van der Waals surface area contributed by atoms with Crippen molar-refractivity contribution in [1.29, 1.82) is 0 Å². The minimum Gasteiger partial charge on any atom is -0.396 e. The highest BCUT2D eigenvalue weighted by Gasteiger charge is 2.33. The van der Waals surface area contributed by atoms with Gasteiger partial charge < -0.3 is 10.8 Å². The molecule has 1 aromatic heterocycles. The van der Waals surface area contributed by atoms with Gasteiger partial charge in [0.15, 0.2) is 0 Å². The van der Waals surface area contributed by atoms with Crippen LogP contribution in [0.1, 0.15) is 6.42 Å². The third-order valence-electron chi connectivity index (χ3n) is 5.24. The van der Waals surface area contributed by atoms with E-state index in [1.165, 1.54) is 28.8 Å². The minimum absolute atomic E-state index is 0. The van der Waals surface area contributed by atoms with Gasteiger partial charge in [-0.05, 0) is 36.1 Å². The highest BCUT2D eigenvalue weighted by atomic mass is 32.2. The molecule has 1 atom stereocenters. The molecule has 31 heavy (non-hydrogen) atoms. The lowest BCUT2D eigenvalue weighted by Gasteiger charge is -2.19. The highest BCUT2D eigenvalue weighted by molar-refractivity contribution is 7.89. The summed E-state index contributed by atoms with van der Waals surface area (Å²) in [4.78, 5) is 8.13. The first-order valence-electron chi connectivity index (χ1n) is 9.48. The summed E-state index contributed by atoms with van der Waals surface area (Å²) >= 11 is 0. The van der Waals surface area contributed by atoms with Crippen molar-refractivity contribution in [3.05, 3.63) is 60.7 Å². The van der Waals surface area contributed by atoms with Gasteiger partial charge >= 0.3 is 0 Å². The summed E-state index contributed by atoms with van der Waals surface area (Å²) in [7, 11) is -3.78. The number of anilines is 1. The van der Waals surface area contributed by atoms with E-state index >= 15 is 0 Å². The number of halogens is 1. The minimum atomic E-state index is -3.78. The summed E-state index contributed by atoms with van der Waals surface area (Å²) in [6.07, 6.45) is 3.35. The van der Waals surface area contributed by atoms with Crippen LogP contribution in [0.3, 0.4) is 0 Å². The van der Waals surface area contributed by atoms with Gasteiger partial charge in [-0.25, -0.2) is 17.8 Å². The van der Waals surface area contributed by atoms with Crippen LogP contribution in [-0.2, 0) is 10.0 Å². The van der Waals surface area contributed by atoms with Crippen LogP contribution < -0.4 is 5.73 Å². The number of aliphatic hydroxyl groups excluding tert-OH is 1. The van der Waals surface area contributed by atoms with Crippen molar-refractivity contribution in [3.63, 3.8) is 0 Å². The largest absolute Gasteiger partial charge is 0.396 e. The van der Waals surface area contributed by atoms with E-state index in [1.54, 1.807) is 30.3 Å². The normalized spacial score (nSPS) is 16.8. The second-order valence-electron chi connectivity index (χ2n) is 7.22. The zero-order valence-corrected chi connectivity index (χ0v) is 18.4. The molecule has 0 bridgehead atoms. The fraction of sp³-hybridized carbons (Fsp3) is 0.238. The molecule has 0 unspecified atom stereocenters. The first kappa shape index (κ1) is 23.1. The Bertz CT molecular complexity index is 1170. The average Bonchev–Trinajstić information content (AvgIpc) is 3.25. The Kier molecular flexibility index (Phi) is 6.95. The van der Waals surface area contributed by atoms with Crippen LogP contribution in [0, 0.1) is 11.7 Å². The smallest absolute Gasteiger partial charge is 0.243 e. The van der Waals surface area contributed by atoms with Crippen molar-refractivity contribution >= 4 is 29.3 Å². The molecule has 0 amide bonds. The van der Waals surface area contributed by atoms with E-state index in [-0.39, 0.29) is 48.8 Å². The number of benzene rings is 2. The topological polar surface area (TPSA) is 109 Å². The Morgan fingerprint density at radius 1 is 1.13 bits per heavy atom. The monoisotopic (exact) mass is 462 g/mol. The van der Waals surface area contributed by atoms with Crippen LogP contribution in [0.2, 0.25) is 0 Å². The number of hydrogen-bond acceptors (Lipinski definition) is 6. The SMILES string of the molecule is Nc1cnc(-c2ccc(-c3ccccc3S(=O)(=O)N3CC[C@H](CO)C3)cc2F)cn1.S.